The van der Waals surface area contributed by atoms with E-state index in [4.69, 9.17) is 0 Å². The summed E-state index contributed by atoms with van der Waals surface area (Å²) in [7, 11) is 0. The van der Waals surface area contributed by atoms with Crippen molar-refractivity contribution in [2.45, 2.75) is 19.8 Å². The third-order valence-electron chi connectivity index (χ3n) is 2.55. The number of aromatic amines is 1. The molecule has 0 saturated heterocycles. The SMILES string of the molecule is CC(C)c1[nH]c2ccc(O)cc2c1C=O. The summed E-state index contributed by atoms with van der Waals surface area (Å²) in [4.78, 5) is 14.2. The van der Waals surface area contributed by atoms with Crippen LogP contribution in [0.15, 0.2) is 18.2 Å². The number of hydrogen-bond donors (Lipinski definition) is 2. The van der Waals surface area contributed by atoms with E-state index in [0.717, 1.165) is 22.9 Å². The van der Waals surface area contributed by atoms with E-state index in [9.17, 15) is 9.90 Å². The maximum absolute atomic E-state index is 11.0. The average molecular weight is 203 g/mol. The van der Waals surface area contributed by atoms with Crippen LogP contribution in [-0.4, -0.2) is 16.4 Å². The van der Waals surface area contributed by atoms with Crippen LogP contribution in [0.25, 0.3) is 10.9 Å². The highest BCUT2D eigenvalue weighted by Gasteiger charge is 2.13. The molecular weight excluding hydrogens is 190 g/mol. The van der Waals surface area contributed by atoms with Crippen molar-refractivity contribution in [3.8, 4) is 5.75 Å². The van der Waals surface area contributed by atoms with Crippen LogP contribution < -0.4 is 0 Å². The number of H-pyrrole nitrogens is 1. The molecule has 3 heteroatoms. The molecule has 78 valence electrons. The zero-order chi connectivity index (χ0) is 11.0. The van der Waals surface area contributed by atoms with Crippen molar-refractivity contribution in [3.63, 3.8) is 0 Å². The molecule has 0 saturated carbocycles. The van der Waals surface area contributed by atoms with Crippen LogP contribution in [0.1, 0.15) is 35.8 Å². The van der Waals surface area contributed by atoms with Crippen LogP contribution in [-0.2, 0) is 0 Å². The fourth-order valence-corrected chi connectivity index (χ4v) is 1.80. The Hall–Kier alpha value is -1.77. The monoisotopic (exact) mass is 203 g/mol. The van der Waals surface area contributed by atoms with Crippen molar-refractivity contribution in [2.75, 3.05) is 0 Å². The first-order valence-corrected chi connectivity index (χ1v) is 4.93. The normalized spacial score (nSPS) is 11.1. The van der Waals surface area contributed by atoms with Gasteiger partial charge in [-0.2, -0.15) is 0 Å². The molecule has 0 radical (unpaired) electrons. The first-order chi connectivity index (χ1) is 7.13. The molecule has 0 aliphatic carbocycles. The maximum atomic E-state index is 11.0. The summed E-state index contributed by atoms with van der Waals surface area (Å²) in [5.74, 6) is 0.444. The number of fused-ring (bicyclic) bond motifs is 1. The second kappa shape index (κ2) is 3.42. The van der Waals surface area contributed by atoms with Crippen molar-refractivity contribution in [1.29, 1.82) is 0 Å². The zero-order valence-corrected chi connectivity index (χ0v) is 8.74. The van der Waals surface area contributed by atoms with Crippen LogP contribution >= 0.6 is 0 Å². The Morgan fingerprint density at radius 1 is 1.40 bits per heavy atom. The summed E-state index contributed by atoms with van der Waals surface area (Å²) < 4.78 is 0. The number of aromatic hydroxyl groups is 1. The average Bonchev–Trinajstić information content (AvgIpc) is 2.55. The second-order valence-electron chi connectivity index (χ2n) is 3.95. The van der Waals surface area contributed by atoms with Crippen molar-refractivity contribution in [2.24, 2.45) is 0 Å². The molecule has 2 rings (SSSR count). The highest BCUT2D eigenvalue weighted by atomic mass is 16.3. The lowest BCUT2D eigenvalue weighted by atomic mass is 10.0. The molecule has 0 fully saturated rings. The number of carbonyl (C=O) groups is 1. The van der Waals surface area contributed by atoms with Gasteiger partial charge in [0, 0.05) is 22.2 Å². The van der Waals surface area contributed by atoms with E-state index in [1.807, 2.05) is 13.8 Å². The summed E-state index contributed by atoms with van der Waals surface area (Å²) in [6.07, 6.45) is 0.841. The summed E-state index contributed by atoms with van der Waals surface area (Å²) in [5.41, 5.74) is 2.46. The highest BCUT2D eigenvalue weighted by molar-refractivity contribution is 5.99. The van der Waals surface area contributed by atoms with Gasteiger partial charge in [0.25, 0.3) is 0 Å². The molecule has 0 aliphatic heterocycles. The van der Waals surface area contributed by atoms with Gasteiger partial charge in [0.1, 0.15) is 5.75 Å². The number of rotatable bonds is 2. The van der Waals surface area contributed by atoms with E-state index in [2.05, 4.69) is 4.98 Å². The molecule has 0 unspecified atom stereocenters. The van der Waals surface area contributed by atoms with Gasteiger partial charge in [-0.15, -0.1) is 0 Å². The van der Waals surface area contributed by atoms with E-state index in [0.29, 0.717) is 5.56 Å². The summed E-state index contributed by atoms with van der Waals surface area (Å²) in [6.45, 7) is 4.05. The number of aldehydes is 1. The lowest BCUT2D eigenvalue weighted by Gasteiger charge is -2.01. The minimum Gasteiger partial charge on any atom is -0.508 e. The molecular formula is C12H13NO2. The quantitative estimate of drug-likeness (QED) is 0.737. The Balaban J connectivity index is 2.79. The Kier molecular flexibility index (Phi) is 2.23. The molecule has 15 heavy (non-hydrogen) atoms. The van der Waals surface area contributed by atoms with E-state index in [-0.39, 0.29) is 11.7 Å². The lowest BCUT2D eigenvalue weighted by Crippen LogP contribution is -1.92. The van der Waals surface area contributed by atoms with Crippen molar-refractivity contribution < 1.29 is 9.90 Å². The summed E-state index contributed by atoms with van der Waals surface area (Å²) in [6, 6.07) is 5.00. The summed E-state index contributed by atoms with van der Waals surface area (Å²) >= 11 is 0. The molecule has 0 spiro atoms. The van der Waals surface area contributed by atoms with Gasteiger partial charge in [-0.05, 0) is 24.1 Å². The highest BCUT2D eigenvalue weighted by Crippen LogP contribution is 2.28. The minimum atomic E-state index is 0.180. The molecule has 0 amide bonds. The fraction of sp³-hybridized carbons (Fsp3) is 0.250. The molecule has 2 aromatic rings. The number of hydrogen-bond acceptors (Lipinski definition) is 2. The molecule has 1 heterocycles. The molecule has 0 atom stereocenters. The fourth-order valence-electron chi connectivity index (χ4n) is 1.80. The molecule has 2 N–H and O–H groups in total. The maximum Gasteiger partial charge on any atom is 0.152 e. The van der Waals surface area contributed by atoms with E-state index >= 15 is 0 Å². The Morgan fingerprint density at radius 2 is 2.13 bits per heavy atom. The van der Waals surface area contributed by atoms with Gasteiger partial charge < -0.3 is 10.1 Å². The predicted octanol–water partition coefficient (Wildman–Crippen LogP) is 2.81. The van der Waals surface area contributed by atoms with Crippen LogP contribution in [0.3, 0.4) is 0 Å². The molecule has 1 aromatic heterocycles. The largest absolute Gasteiger partial charge is 0.508 e. The number of benzene rings is 1. The van der Waals surface area contributed by atoms with Gasteiger partial charge in [0.05, 0.1) is 0 Å². The smallest absolute Gasteiger partial charge is 0.152 e. The molecule has 3 nitrogen and oxygen atoms in total. The third kappa shape index (κ3) is 1.50. The van der Waals surface area contributed by atoms with Gasteiger partial charge in [-0.1, -0.05) is 13.8 Å². The molecule has 0 aliphatic rings. The van der Waals surface area contributed by atoms with Crippen molar-refractivity contribution >= 4 is 17.2 Å². The Labute approximate surface area is 87.7 Å². The van der Waals surface area contributed by atoms with Crippen LogP contribution in [0, 0.1) is 0 Å². The second-order valence-corrected chi connectivity index (χ2v) is 3.95. The van der Waals surface area contributed by atoms with E-state index in [1.54, 1.807) is 18.2 Å². The van der Waals surface area contributed by atoms with Gasteiger partial charge in [-0.3, -0.25) is 4.79 Å². The topological polar surface area (TPSA) is 53.1 Å². The Bertz CT molecular complexity index is 512. The first kappa shape index (κ1) is 9.77. The van der Waals surface area contributed by atoms with Crippen molar-refractivity contribution in [3.05, 3.63) is 29.5 Å². The Morgan fingerprint density at radius 3 is 2.73 bits per heavy atom. The summed E-state index contributed by atoms with van der Waals surface area (Å²) in [5, 5.41) is 10.2. The standard InChI is InChI=1S/C12H13NO2/c1-7(2)12-10(6-14)9-5-8(15)3-4-11(9)13-12/h3-7,13,15H,1-2H3. The zero-order valence-electron chi connectivity index (χ0n) is 8.74. The lowest BCUT2D eigenvalue weighted by molar-refractivity contribution is 0.112. The molecule has 1 aromatic carbocycles. The number of phenolic OH excluding ortho intramolecular Hbond substituents is 1. The number of nitrogens with one attached hydrogen (secondary N) is 1. The van der Waals surface area contributed by atoms with Crippen molar-refractivity contribution in [1.82, 2.24) is 4.98 Å². The predicted molar refractivity (Wildman–Crippen MR) is 59.4 cm³/mol. The van der Waals surface area contributed by atoms with Gasteiger partial charge in [-0.25, -0.2) is 0 Å². The van der Waals surface area contributed by atoms with E-state index < -0.39 is 0 Å². The van der Waals surface area contributed by atoms with Crippen LogP contribution in [0.5, 0.6) is 5.75 Å². The van der Waals surface area contributed by atoms with Crippen LogP contribution in [0.4, 0.5) is 0 Å². The molecule has 0 bridgehead atoms. The minimum absolute atomic E-state index is 0.180. The third-order valence-corrected chi connectivity index (χ3v) is 2.55. The number of carbonyl (C=O) groups excluding carboxylic acids is 1. The van der Waals surface area contributed by atoms with Crippen LogP contribution in [0.2, 0.25) is 0 Å². The first-order valence-electron chi connectivity index (χ1n) is 4.93. The number of aromatic nitrogens is 1. The number of phenols is 1. The van der Waals surface area contributed by atoms with Gasteiger partial charge in [0.2, 0.25) is 0 Å². The van der Waals surface area contributed by atoms with Gasteiger partial charge >= 0.3 is 0 Å². The van der Waals surface area contributed by atoms with Gasteiger partial charge in [0.15, 0.2) is 6.29 Å². The van der Waals surface area contributed by atoms with E-state index in [1.165, 1.54) is 0 Å².